The highest BCUT2D eigenvalue weighted by Gasteiger charge is 2.62. The third kappa shape index (κ3) is 8.05. The molecule has 7 atom stereocenters. The first-order valence-corrected chi connectivity index (χ1v) is 21.5. The number of methoxy groups -OCH3 is 1. The third-order valence-corrected chi connectivity index (χ3v) is 14.6. The summed E-state index contributed by atoms with van der Waals surface area (Å²) in [5.41, 5.74) is 4.38. The summed E-state index contributed by atoms with van der Waals surface area (Å²) in [6.45, 7) is 11.2. The van der Waals surface area contributed by atoms with Gasteiger partial charge in [0.05, 0.1) is 53.9 Å². The van der Waals surface area contributed by atoms with E-state index in [9.17, 15) is 27.6 Å². The quantitative estimate of drug-likeness (QED) is 0.267. The zero-order valence-electron chi connectivity index (χ0n) is 33.2. The molecule has 5 aliphatic rings. The predicted molar refractivity (Wildman–Crippen MR) is 209 cm³/mol. The molecule has 304 valence electrons. The van der Waals surface area contributed by atoms with Gasteiger partial charge in [-0.1, -0.05) is 39.7 Å². The van der Waals surface area contributed by atoms with E-state index < -0.39 is 78.9 Å². The van der Waals surface area contributed by atoms with Crippen molar-refractivity contribution in [2.75, 3.05) is 13.7 Å². The van der Waals surface area contributed by atoms with E-state index >= 15 is 0 Å². The predicted octanol–water partition coefficient (Wildman–Crippen LogP) is 5.13. The normalized spacial score (nSPS) is 32.5. The Hall–Kier alpha value is -4.04. The highest BCUT2D eigenvalue weighted by atomic mass is 32.2. The van der Waals surface area contributed by atoms with Crippen molar-refractivity contribution >= 4 is 44.5 Å². The van der Waals surface area contributed by atoms with Gasteiger partial charge in [-0.25, -0.2) is 13.4 Å². The number of nitrogens with one attached hydrogen (secondary N) is 1. The van der Waals surface area contributed by atoms with Crippen molar-refractivity contribution in [3.8, 4) is 11.5 Å². The Morgan fingerprint density at radius 2 is 1.84 bits per heavy atom. The number of carbonyl (C=O) groups excluding carboxylic acids is 4. The number of hydrogen-bond donors (Lipinski definition) is 2. The summed E-state index contributed by atoms with van der Waals surface area (Å²) in [4.78, 5) is 63.1. The minimum absolute atomic E-state index is 0.106. The number of sulfonamides is 1. The van der Waals surface area contributed by atoms with Crippen molar-refractivity contribution in [1.82, 2.24) is 14.6 Å². The molecule has 0 unspecified atom stereocenters. The van der Waals surface area contributed by atoms with Gasteiger partial charge in [-0.3, -0.25) is 29.6 Å². The molecular weight excluding hydrogens is 737 g/mol. The summed E-state index contributed by atoms with van der Waals surface area (Å²) in [6, 6.07) is 6.34. The van der Waals surface area contributed by atoms with Gasteiger partial charge in [0.1, 0.15) is 17.1 Å². The molecule has 2 amide bonds. The number of Topliss-reactive ketones (excluding diaryl/α,β-unsaturated/α-hetero) is 1. The number of benzene rings is 1. The lowest BCUT2D eigenvalue weighted by molar-refractivity contribution is -0.158. The lowest BCUT2D eigenvalue weighted by Crippen LogP contribution is -2.51. The molecule has 3 N–H and O–H groups in total. The van der Waals surface area contributed by atoms with Crippen molar-refractivity contribution in [1.29, 1.82) is 0 Å². The average Bonchev–Trinajstić information content (AvgIpc) is 4.06. The maximum atomic E-state index is 14.9. The standard InChI is InChI=1S/C42H56N4O9S/c1-7-26-21-41(26,38(50)45-56(51,52)29-14-15-29)23-34(47)33-22-42(43)24-46(33)37(49)30(39(2,3)4)19-36(48)55-40(5)20-27(40)11-9-8-10-12-32-35(54-42)18-25-17-28(53-6)13-16-31(25)44-32/h7,13,16-18,26-27,29-30,33H,1,8-12,14-15,19-24,43H2,2-6H3,(H,45,50)/t26-,27-,30-,33+,40-,41-,42-/m1/s1. The van der Waals surface area contributed by atoms with Gasteiger partial charge in [0.2, 0.25) is 21.8 Å². The van der Waals surface area contributed by atoms with Crippen LogP contribution in [-0.2, 0) is 40.4 Å². The lowest BCUT2D eigenvalue weighted by atomic mass is 9.77. The van der Waals surface area contributed by atoms with Gasteiger partial charge in [0.25, 0.3) is 0 Å². The van der Waals surface area contributed by atoms with Crippen molar-refractivity contribution in [3.63, 3.8) is 0 Å². The van der Waals surface area contributed by atoms with Crippen LogP contribution in [0.5, 0.6) is 11.5 Å². The summed E-state index contributed by atoms with van der Waals surface area (Å²) in [6.07, 6.45) is 7.14. The largest absolute Gasteiger partial charge is 0.497 e. The Labute approximate surface area is 329 Å². The van der Waals surface area contributed by atoms with E-state index in [2.05, 4.69) is 11.3 Å². The Bertz CT molecular complexity index is 2060. The van der Waals surface area contributed by atoms with Gasteiger partial charge in [0.15, 0.2) is 11.5 Å². The van der Waals surface area contributed by atoms with Gasteiger partial charge in [-0.05, 0) is 87.5 Å². The van der Waals surface area contributed by atoms with E-state index in [0.717, 1.165) is 43.0 Å². The van der Waals surface area contributed by atoms with Crippen LogP contribution in [-0.4, -0.2) is 78.1 Å². The number of carbonyl (C=O) groups is 4. The van der Waals surface area contributed by atoms with E-state index in [4.69, 9.17) is 24.9 Å². The summed E-state index contributed by atoms with van der Waals surface area (Å²) in [7, 11) is -2.29. The number of amides is 2. The Balaban J connectivity index is 1.25. The Morgan fingerprint density at radius 1 is 1.09 bits per heavy atom. The highest BCUT2D eigenvalue weighted by molar-refractivity contribution is 7.90. The van der Waals surface area contributed by atoms with Crippen molar-refractivity contribution < 1.29 is 41.8 Å². The number of fused-ring (bicyclic) bond motifs is 5. The monoisotopic (exact) mass is 792 g/mol. The molecule has 0 spiro atoms. The molecular formula is C42H56N4O9S. The smallest absolute Gasteiger partial charge is 0.307 e. The van der Waals surface area contributed by atoms with Crippen LogP contribution in [0.3, 0.4) is 0 Å². The molecule has 3 heterocycles. The molecule has 1 aromatic carbocycles. The molecule has 1 aromatic heterocycles. The van der Waals surface area contributed by atoms with E-state index in [-0.39, 0.29) is 38.1 Å². The minimum Gasteiger partial charge on any atom is -0.497 e. The fourth-order valence-electron chi connectivity index (χ4n) is 8.85. The van der Waals surface area contributed by atoms with Gasteiger partial charge < -0.3 is 19.1 Å². The number of aryl methyl sites for hydroxylation is 1. The molecule has 3 aliphatic carbocycles. The summed E-state index contributed by atoms with van der Waals surface area (Å²) in [5, 5.41) is 0.145. The zero-order valence-corrected chi connectivity index (χ0v) is 34.0. The van der Waals surface area contributed by atoms with Crippen LogP contribution in [0.1, 0.15) is 104 Å². The van der Waals surface area contributed by atoms with Crippen LogP contribution < -0.4 is 19.9 Å². The second-order valence-electron chi connectivity index (χ2n) is 18.3. The first kappa shape index (κ1) is 40.2. The molecule has 14 heteroatoms. The number of rotatable bonds is 8. The van der Waals surface area contributed by atoms with Gasteiger partial charge in [-0.15, -0.1) is 6.58 Å². The summed E-state index contributed by atoms with van der Waals surface area (Å²) >= 11 is 0. The van der Waals surface area contributed by atoms with Crippen molar-refractivity contribution in [3.05, 3.63) is 42.6 Å². The van der Waals surface area contributed by atoms with Crippen LogP contribution in [0.25, 0.3) is 10.9 Å². The van der Waals surface area contributed by atoms with E-state index in [1.807, 2.05) is 52.0 Å². The maximum absolute atomic E-state index is 14.9. The van der Waals surface area contributed by atoms with Crippen LogP contribution in [0.2, 0.25) is 0 Å². The van der Waals surface area contributed by atoms with E-state index in [1.165, 1.54) is 4.90 Å². The topological polar surface area (TPSA) is 184 Å². The van der Waals surface area contributed by atoms with Gasteiger partial charge in [-0.2, -0.15) is 0 Å². The Morgan fingerprint density at radius 3 is 2.50 bits per heavy atom. The SMILES string of the molecule is C=C[C@@H]1C[C@]1(CC(=O)[C@@H]1C[C@]2(N)CN1C(=O)[C@H](C(C)(C)C)CC(=O)O[C@]1(C)C[C@H]1CCCCCc1nc3ccc(OC)cc3cc1O2)C(=O)NS(=O)(=O)C1CC1. The van der Waals surface area contributed by atoms with E-state index in [0.29, 0.717) is 36.5 Å². The van der Waals surface area contributed by atoms with E-state index in [1.54, 1.807) is 13.2 Å². The summed E-state index contributed by atoms with van der Waals surface area (Å²) in [5.74, 6) is -2.09. The molecule has 2 aliphatic heterocycles. The molecule has 1 saturated heterocycles. The van der Waals surface area contributed by atoms with Crippen LogP contribution in [0, 0.1) is 28.6 Å². The van der Waals surface area contributed by atoms with Crippen LogP contribution in [0.15, 0.2) is 36.9 Å². The molecule has 7 rings (SSSR count). The number of aromatic nitrogens is 1. The first-order valence-electron chi connectivity index (χ1n) is 20.0. The zero-order chi connectivity index (χ0) is 40.4. The number of hydrogen-bond acceptors (Lipinski definition) is 11. The molecule has 4 fully saturated rings. The molecule has 2 aromatic rings. The molecule has 56 heavy (non-hydrogen) atoms. The maximum Gasteiger partial charge on any atom is 0.307 e. The molecule has 3 saturated carbocycles. The van der Waals surface area contributed by atoms with Gasteiger partial charge >= 0.3 is 5.97 Å². The number of pyridine rings is 1. The Kier molecular flexibility index (Phi) is 10.3. The molecule has 13 nitrogen and oxygen atoms in total. The fraction of sp³-hybridized carbons (Fsp3) is 0.643. The number of allylic oxidation sites excluding steroid dienone is 1. The number of ether oxygens (including phenoxy) is 3. The van der Waals surface area contributed by atoms with Crippen molar-refractivity contribution in [2.24, 2.45) is 34.3 Å². The molecule has 0 radical (unpaired) electrons. The lowest BCUT2D eigenvalue weighted by Gasteiger charge is -2.35. The number of ketones is 1. The second-order valence-corrected chi connectivity index (χ2v) is 20.2. The fourth-order valence-corrected chi connectivity index (χ4v) is 10.2. The molecule has 2 bridgehead atoms. The van der Waals surface area contributed by atoms with Crippen LogP contribution in [0.4, 0.5) is 0 Å². The average molecular weight is 793 g/mol. The van der Waals surface area contributed by atoms with Gasteiger partial charge in [0, 0.05) is 24.1 Å². The summed E-state index contributed by atoms with van der Waals surface area (Å²) < 4.78 is 46.1. The third-order valence-electron chi connectivity index (χ3n) is 12.8. The number of esters is 1. The number of nitrogens with two attached hydrogens (primary N) is 1. The van der Waals surface area contributed by atoms with Crippen molar-refractivity contribution in [2.45, 2.75) is 127 Å². The van der Waals surface area contributed by atoms with Crippen LogP contribution >= 0.6 is 0 Å². The highest BCUT2D eigenvalue weighted by Crippen LogP contribution is 2.57. The number of nitrogens with zero attached hydrogens (tertiary/aromatic N) is 2. The second kappa shape index (κ2) is 14.4. The minimum atomic E-state index is -3.88. The first-order chi connectivity index (χ1) is 26.3.